The Balaban J connectivity index is 3.44. The number of hydrogen-bond donors (Lipinski definition) is 2. The van der Waals surface area contributed by atoms with Crippen molar-refractivity contribution in [3.63, 3.8) is 0 Å². The molecule has 0 rings (SSSR count). The molecule has 0 fully saturated rings. The van der Waals surface area contributed by atoms with Gasteiger partial charge in [-0.05, 0) is 19.8 Å². The van der Waals surface area contributed by atoms with Crippen LogP contribution in [0, 0.1) is 0 Å². The summed E-state index contributed by atoms with van der Waals surface area (Å²) in [6.45, 7) is 2.02. The van der Waals surface area contributed by atoms with Crippen LogP contribution in [0.15, 0.2) is 0 Å². The van der Waals surface area contributed by atoms with Crippen molar-refractivity contribution in [2.24, 2.45) is 0 Å². The maximum atomic E-state index is 10.9. The minimum absolute atomic E-state index is 0.0130. The van der Waals surface area contributed by atoms with Gasteiger partial charge in [-0.1, -0.05) is 6.42 Å². The van der Waals surface area contributed by atoms with Crippen LogP contribution in [-0.2, 0) is 14.3 Å². The Labute approximate surface area is 89.0 Å². The zero-order chi connectivity index (χ0) is 11.7. The van der Waals surface area contributed by atoms with E-state index in [4.69, 9.17) is 5.11 Å². The average Bonchev–Trinajstić information content (AvgIpc) is 2.12. The van der Waals surface area contributed by atoms with Crippen molar-refractivity contribution >= 4 is 11.9 Å². The van der Waals surface area contributed by atoms with E-state index in [-0.39, 0.29) is 12.8 Å². The summed E-state index contributed by atoms with van der Waals surface area (Å²) in [6, 6.07) is 0. The van der Waals surface area contributed by atoms with Crippen LogP contribution in [0.25, 0.3) is 0 Å². The number of ether oxygens (including phenoxy) is 1. The molecule has 5 nitrogen and oxygen atoms in total. The summed E-state index contributed by atoms with van der Waals surface area (Å²) < 4.78 is 4.66. The van der Waals surface area contributed by atoms with E-state index in [1.54, 1.807) is 6.92 Å². The second-order valence-corrected chi connectivity index (χ2v) is 3.30. The summed E-state index contributed by atoms with van der Waals surface area (Å²) in [5.41, 5.74) is 0. The molecule has 0 heterocycles. The van der Waals surface area contributed by atoms with Crippen molar-refractivity contribution in [2.45, 2.75) is 45.1 Å². The van der Waals surface area contributed by atoms with Crippen LogP contribution < -0.4 is 0 Å². The van der Waals surface area contributed by atoms with Crippen molar-refractivity contribution in [1.82, 2.24) is 0 Å². The third-order valence-electron chi connectivity index (χ3n) is 1.89. The second kappa shape index (κ2) is 8.23. The van der Waals surface area contributed by atoms with Crippen molar-refractivity contribution in [3.05, 3.63) is 0 Å². The highest BCUT2D eigenvalue weighted by Gasteiger charge is 2.11. The molecule has 1 atom stereocenters. The van der Waals surface area contributed by atoms with Crippen LogP contribution in [0.5, 0.6) is 0 Å². The molecule has 0 saturated carbocycles. The monoisotopic (exact) mass is 218 g/mol. The van der Waals surface area contributed by atoms with Crippen LogP contribution in [0.1, 0.15) is 39.0 Å². The van der Waals surface area contributed by atoms with E-state index in [9.17, 15) is 14.7 Å². The van der Waals surface area contributed by atoms with Crippen LogP contribution in [0.2, 0.25) is 0 Å². The second-order valence-electron chi connectivity index (χ2n) is 3.30. The number of aliphatic hydroxyl groups is 1. The van der Waals surface area contributed by atoms with Gasteiger partial charge in [0.05, 0.1) is 19.1 Å². The molecule has 5 heteroatoms. The van der Waals surface area contributed by atoms with E-state index in [0.29, 0.717) is 25.9 Å². The number of carbonyl (C=O) groups excluding carboxylic acids is 1. The lowest BCUT2D eigenvalue weighted by Gasteiger charge is -2.08. The minimum Gasteiger partial charge on any atom is -0.481 e. The van der Waals surface area contributed by atoms with Gasteiger partial charge in [-0.25, -0.2) is 0 Å². The van der Waals surface area contributed by atoms with E-state index in [1.807, 2.05) is 0 Å². The van der Waals surface area contributed by atoms with Crippen molar-refractivity contribution in [2.75, 3.05) is 6.61 Å². The van der Waals surface area contributed by atoms with Gasteiger partial charge < -0.3 is 14.9 Å². The number of carboxylic acid groups (broad SMARTS) is 1. The fourth-order valence-corrected chi connectivity index (χ4v) is 1.17. The van der Waals surface area contributed by atoms with E-state index in [1.165, 1.54) is 0 Å². The summed E-state index contributed by atoms with van der Waals surface area (Å²) in [5.74, 6) is -1.25. The molecule has 0 aromatic rings. The molecule has 0 aliphatic heterocycles. The normalized spacial score (nSPS) is 12.1. The van der Waals surface area contributed by atoms with Gasteiger partial charge in [0.25, 0.3) is 0 Å². The van der Waals surface area contributed by atoms with Gasteiger partial charge >= 0.3 is 11.9 Å². The number of carboxylic acids is 1. The lowest BCUT2D eigenvalue weighted by atomic mass is 10.1. The molecule has 0 saturated heterocycles. The molecule has 0 aliphatic carbocycles. The molecule has 0 amide bonds. The molecular formula is C10H18O5. The molecule has 0 spiro atoms. The fourth-order valence-electron chi connectivity index (χ4n) is 1.17. The first-order chi connectivity index (χ1) is 7.06. The minimum atomic E-state index is -0.838. The van der Waals surface area contributed by atoms with E-state index >= 15 is 0 Å². The van der Waals surface area contributed by atoms with Gasteiger partial charge in [0.2, 0.25) is 0 Å². The smallest absolute Gasteiger partial charge is 0.308 e. The zero-order valence-corrected chi connectivity index (χ0v) is 8.94. The first-order valence-corrected chi connectivity index (χ1v) is 5.11. The summed E-state index contributed by atoms with van der Waals surface area (Å²) >= 11 is 0. The fraction of sp³-hybridized carbons (Fsp3) is 0.800. The van der Waals surface area contributed by atoms with Crippen LogP contribution in [0.4, 0.5) is 0 Å². The largest absolute Gasteiger partial charge is 0.481 e. The van der Waals surface area contributed by atoms with Gasteiger partial charge in [0.15, 0.2) is 0 Å². The van der Waals surface area contributed by atoms with Gasteiger partial charge in [-0.2, -0.15) is 0 Å². The Hall–Kier alpha value is -1.10. The molecule has 0 aromatic carbocycles. The first-order valence-electron chi connectivity index (χ1n) is 5.11. The standard InChI is InChI=1S/C10H18O5/c1-2-15-10(14)7-8(11)5-3-4-6-9(12)13/h8,11H,2-7H2,1H3,(H,12,13). The van der Waals surface area contributed by atoms with Crippen molar-refractivity contribution in [1.29, 1.82) is 0 Å². The van der Waals surface area contributed by atoms with E-state index in [2.05, 4.69) is 4.74 Å². The Bertz CT molecular complexity index is 202. The highest BCUT2D eigenvalue weighted by Crippen LogP contribution is 2.07. The molecule has 0 aliphatic rings. The van der Waals surface area contributed by atoms with E-state index < -0.39 is 18.0 Å². The first kappa shape index (κ1) is 13.9. The Morgan fingerprint density at radius 2 is 2.00 bits per heavy atom. The lowest BCUT2D eigenvalue weighted by Crippen LogP contribution is -2.15. The molecular weight excluding hydrogens is 200 g/mol. The molecule has 0 bridgehead atoms. The van der Waals surface area contributed by atoms with E-state index in [0.717, 1.165) is 0 Å². The highest BCUT2D eigenvalue weighted by atomic mass is 16.5. The van der Waals surface area contributed by atoms with Gasteiger partial charge in [-0.3, -0.25) is 9.59 Å². The molecule has 15 heavy (non-hydrogen) atoms. The topological polar surface area (TPSA) is 83.8 Å². The quantitative estimate of drug-likeness (QED) is 0.468. The molecule has 0 aromatic heterocycles. The summed E-state index contributed by atoms with van der Waals surface area (Å²) in [6.07, 6.45) is 0.930. The summed E-state index contributed by atoms with van der Waals surface area (Å²) in [7, 11) is 0. The molecule has 1 unspecified atom stereocenters. The Morgan fingerprint density at radius 1 is 1.33 bits per heavy atom. The van der Waals surface area contributed by atoms with Crippen molar-refractivity contribution in [3.8, 4) is 0 Å². The summed E-state index contributed by atoms with van der Waals surface area (Å²) in [5, 5.41) is 17.7. The van der Waals surface area contributed by atoms with Crippen LogP contribution in [0.3, 0.4) is 0 Å². The Morgan fingerprint density at radius 3 is 2.53 bits per heavy atom. The summed E-state index contributed by atoms with van der Waals surface area (Å²) in [4.78, 5) is 21.1. The lowest BCUT2D eigenvalue weighted by molar-refractivity contribution is -0.145. The zero-order valence-electron chi connectivity index (χ0n) is 8.94. The van der Waals surface area contributed by atoms with Crippen LogP contribution in [-0.4, -0.2) is 34.9 Å². The number of carbonyl (C=O) groups is 2. The van der Waals surface area contributed by atoms with Crippen LogP contribution >= 0.6 is 0 Å². The number of esters is 1. The number of unbranched alkanes of at least 4 members (excludes halogenated alkanes) is 1. The third kappa shape index (κ3) is 9.21. The Kier molecular flexibility index (Phi) is 7.62. The number of aliphatic hydroxyl groups excluding tert-OH is 1. The molecule has 0 radical (unpaired) electrons. The van der Waals surface area contributed by atoms with Crippen molar-refractivity contribution < 1.29 is 24.5 Å². The number of aliphatic carboxylic acids is 1. The third-order valence-corrected chi connectivity index (χ3v) is 1.89. The van der Waals surface area contributed by atoms with Gasteiger partial charge in [0.1, 0.15) is 0 Å². The predicted molar refractivity (Wildman–Crippen MR) is 53.4 cm³/mol. The SMILES string of the molecule is CCOC(=O)CC(O)CCCCC(=O)O. The maximum Gasteiger partial charge on any atom is 0.308 e. The highest BCUT2D eigenvalue weighted by molar-refractivity contribution is 5.69. The molecule has 88 valence electrons. The average molecular weight is 218 g/mol. The van der Waals surface area contributed by atoms with Gasteiger partial charge in [0, 0.05) is 6.42 Å². The predicted octanol–water partition coefficient (Wildman–Crippen LogP) is 0.946. The number of rotatable bonds is 8. The maximum absolute atomic E-state index is 10.9. The molecule has 2 N–H and O–H groups in total. The number of hydrogen-bond acceptors (Lipinski definition) is 4. The van der Waals surface area contributed by atoms with Gasteiger partial charge in [-0.15, -0.1) is 0 Å².